The van der Waals surface area contributed by atoms with Crippen LogP contribution in [0, 0.1) is 0 Å². The lowest BCUT2D eigenvalue weighted by molar-refractivity contribution is 0.0992. The van der Waals surface area contributed by atoms with Crippen LogP contribution in [0.2, 0.25) is 0 Å². The van der Waals surface area contributed by atoms with Crippen LogP contribution in [-0.4, -0.2) is 17.3 Å². The van der Waals surface area contributed by atoms with Crippen molar-refractivity contribution in [3.63, 3.8) is 0 Å². The van der Waals surface area contributed by atoms with Crippen LogP contribution in [0.3, 0.4) is 0 Å². The first-order valence-corrected chi connectivity index (χ1v) is 13.2. The van der Waals surface area contributed by atoms with Gasteiger partial charge in [-0.15, -0.1) is 0 Å². The summed E-state index contributed by atoms with van der Waals surface area (Å²) in [6.45, 7) is 0. The van der Waals surface area contributed by atoms with Gasteiger partial charge in [-0.25, -0.2) is 0 Å². The second-order valence-corrected chi connectivity index (χ2v) is 9.89. The Morgan fingerprint density at radius 2 is 0.700 bits per heavy atom. The Hall–Kier alpha value is -5.41. The van der Waals surface area contributed by atoms with Crippen LogP contribution in [0.15, 0.2) is 133 Å². The standard InChI is InChI=1S/C37H22O3/c38-35(25-11-4-1-5-12-25)32-28-21-19-23-17-10-18-24-20-22-29(31(28)30(23)24)33(36(39)26-13-6-2-7-14-26)34(32)37(40)27-15-8-3-9-16-27/h1-22H. The molecule has 0 heterocycles. The summed E-state index contributed by atoms with van der Waals surface area (Å²) in [6.07, 6.45) is 0. The number of hydrogen-bond donors (Lipinski definition) is 0. The minimum atomic E-state index is -0.357. The largest absolute Gasteiger partial charge is 0.289 e. The van der Waals surface area contributed by atoms with Crippen molar-refractivity contribution in [3.8, 4) is 0 Å². The predicted octanol–water partition coefficient (Wildman–Crippen LogP) is 8.28. The second-order valence-electron chi connectivity index (χ2n) is 9.89. The van der Waals surface area contributed by atoms with Crippen molar-refractivity contribution >= 4 is 49.7 Å². The van der Waals surface area contributed by atoms with Gasteiger partial charge in [0.25, 0.3) is 0 Å². The van der Waals surface area contributed by atoms with Crippen molar-refractivity contribution in [2.75, 3.05) is 0 Å². The van der Waals surface area contributed by atoms with Crippen LogP contribution in [0.5, 0.6) is 0 Å². The van der Waals surface area contributed by atoms with Gasteiger partial charge >= 0.3 is 0 Å². The maximum Gasteiger partial charge on any atom is 0.194 e. The lowest BCUT2D eigenvalue weighted by Crippen LogP contribution is -2.19. The van der Waals surface area contributed by atoms with Crippen molar-refractivity contribution in [1.82, 2.24) is 0 Å². The number of benzene rings is 7. The molecule has 0 aromatic heterocycles. The van der Waals surface area contributed by atoms with Crippen LogP contribution >= 0.6 is 0 Å². The normalized spacial score (nSPS) is 11.3. The zero-order valence-electron chi connectivity index (χ0n) is 21.4. The van der Waals surface area contributed by atoms with E-state index in [2.05, 4.69) is 0 Å². The van der Waals surface area contributed by atoms with E-state index in [0.717, 1.165) is 21.5 Å². The van der Waals surface area contributed by atoms with E-state index in [1.54, 1.807) is 72.8 Å². The summed E-state index contributed by atoms with van der Waals surface area (Å²) >= 11 is 0. The summed E-state index contributed by atoms with van der Waals surface area (Å²) in [5.41, 5.74) is 1.98. The molecule has 0 radical (unpaired) electrons. The molecule has 3 heteroatoms. The van der Waals surface area contributed by atoms with E-state index < -0.39 is 0 Å². The maximum absolute atomic E-state index is 14.4. The first-order valence-electron chi connectivity index (χ1n) is 13.2. The van der Waals surface area contributed by atoms with E-state index in [1.165, 1.54) is 0 Å². The highest BCUT2D eigenvalue weighted by molar-refractivity contribution is 6.37. The summed E-state index contributed by atoms with van der Waals surface area (Å²) < 4.78 is 0. The molecule has 0 unspecified atom stereocenters. The molecule has 0 N–H and O–H groups in total. The Morgan fingerprint density at radius 3 is 1.10 bits per heavy atom. The van der Waals surface area contributed by atoms with Crippen LogP contribution in [0.4, 0.5) is 0 Å². The van der Waals surface area contributed by atoms with Gasteiger partial charge in [-0.05, 0) is 32.3 Å². The maximum atomic E-state index is 14.4. The van der Waals surface area contributed by atoms with E-state index in [0.29, 0.717) is 27.5 Å². The highest BCUT2D eigenvalue weighted by Crippen LogP contribution is 2.42. The molecule has 0 saturated carbocycles. The Morgan fingerprint density at radius 1 is 0.325 bits per heavy atom. The van der Waals surface area contributed by atoms with E-state index in [4.69, 9.17) is 0 Å². The summed E-state index contributed by atoms with van der Waals surface area (Å²) in [6, 6.07) is 40.6. The lowest BCUT2D eigenvalue weighted by atomic mass is 9.79. The van der Waals surface area contributed by atoms with Gasteiger partial charge in [0, 0.05) is 33.4 Å². The summed E-state index contributed by atoms with van der Waals surface area (Å²) in [4.78, 5) is 43.2. The highest BCUT2D eigenvalue weighted by Gasteiger charge is 2.31. The molecule has 0 spiro atoms. The molecule has 7 aromatic rings. The smallest absolute Gasteiger partial charge is 0.194 e. The Bertz CT molecular complexity index is 1960. The molecule has 0 fully saturated rings. The summed E-state index contributed by atoms with van der Waals surface area (Å²) in [7, 11) is 0. The molecule has 0 amide bonds. The van der Waals surface area contributed by atoms with E-state index >= 15 is 0 Å². The number of ketones is 3. The first kappa shape index (κ1) is 23.7. The number of hydrogen-bond acceptors (Lipinski definition) is 3. The van der Waals surface area contributed by atoms with Crippen LogP contribution in [0.1, 0.15) is 47.8 Å². The molecule has 7 rings (SSSR count). The van der Waals surface area contributed by atoms with Gasteiger partial charge < -0.3 is 0 Å². The van der Waals surface area contributed by atoms with Crippen LogP contribution in [-0.2, 0) is 0 Å². The quantitative estimate of drug-likeness (QED) is 0.166. The van der Waals surface area contributed by atoms with Gasteiger partial charge in [0.05, 0.1) is 0 Å². The Balaban J connectivity index is 1.70. The van der Waals surface area contributed by atoms with Gasteiger partial charge in [0.15, 0.2) is 17.3 Å². The fraction of sp³-hybridized carbons (Fsp3) is 0. The van der Waals surface area contributed by atoms with Crippen molar-refractivity contribution in [2.24, 2.45) is 0 Å². The predicted molar refractivity (Wildman–Crippen MR) is 160 cm³/mol. The fourth-order valence-corrected chi connectivity index (χ4v) is 5.79. The minimum absolute atomic E-state index is 0.139. The zero-order valence-corrected chi connectivity index (χ0v) is 21.4. The van der Waals surface area contributed by atoms with Crippen molar-refractivity contribution in [1.29, 1.82) is 0 Å². The molecule has 3 nitrogen and oxygen atoms in total. The third-order valence-electron chi connectivity index (χ3n) is 7.60. The lowest BCUT2D eigenvalue weighted by Gasteiger charge is -2.21. The van der Waals surface area contributed by atoms with Gasteiger partial charge in [-0.3, -0.25) is 14.4 Å². The molecule has 0 aliphatic heterocycles. The minimum Gasteiger partial charge on any atom is -0.289 e. The third kappa shape index (κ3) is 3.63. The van der Waals surface area contributed by atoms with Crippen LogP contribution < -0.4 is 0 Å². The van der Waals surface area contributed by atoms with Crippen molar-refractivity contribution in [3.05, 3.63) is 167 Å². The molecule has 0 aliphatic rings. The van der Waals surface area contributed by atoms with Gasteiger partial charge in [0.1, 0.15) is 0 Å². The summed E-state index contributed by atoms with van der Waals surface area (Å²) in [5, 5.41) is 5.14. The monoisotopic (exact) mass is 514 g/mol. The number of carbonyl (C=O) groups excluding carboxylic acids is 3. The van der Waals surface area contributed by atoms with E-state index in [-0.39, 0.29) is 34.0 Å². The molecule has 0 bridgehead atoms. The molecule has 188 valence electrons. The van der Waals surface area contributed by atoms with E-state index in [9.17, 15) is 14.4 Å². The average Bonchev–Trinajstić information content (AvgIpc) is 3.03. The number of carbonyl (C=O) groups is 3. The molecule has 7 aromatic carbocycles. The molecular weight excluding hydrogens is 492 g/mol. The van der Waals surface area contributed by atoms with Gasteiger partial charge in [-0.1, -0.05) is 133 Å². The molecule has 40 heavy (non-hydrogen) atoms. The SMILES string of the molecule is O=C(c1ccccc1)c1c(C(=O)c2ccccc2)c2ccc3cccc4ccc(c1C(=O)c1ccccc1)c2c34. The first-order chi connectivity index (χ1) is 19.6. The molecule has 0 aliphatic carbocycles. The molecule has 0 saturated heterocycles. The number of rotatable bonds is 6. The van der Waals surface area contributed by atoms with Crippen molar-refractivity contribution in [2.45, 2.75) is 0 Å². The van der Waals surface area contributed by atoms with Crippen molar-refractivity contribution < 1.29 is 14.4 Å². The fourth-order valence-electron chi connectivity index (χ4n) is 5.79. The Labute approximate surface area is 230 Å². The summed E-state index contributed by atoms with van der Waals surface area (Å²) in [5.74, 6) is -0.940. The zero-order chi connectivity index (χ0) is 27.2. The van der Waals surface area contributed by atoms with Crippen LogP contribution in [0.25, 0.3) is 32.3 Å². The van der Waals surface area contributed by atoms with Gasteiger partial charge in [-0.2, -0.15) is 0 Å². The van der Waals surface area contributed by atoms with Gasteiger partial charge in [0.2, 0.25) is 0 Å². The van der Waals surface area contributed by atoms with E-state index in [1.807, 2.05) is 60.7 Å². The molecule has 0 atom stereocenters. The second kappa shape index (κ2) is 9.40. The highest BCUT2D eigenvalue weighted by atomic mass is 16.1. The topological polar surface area (TPSA) is 51.2 Å². The molecular formula is C37H22O3. The third-order valence-corrected chi connectivity index (χ3v) is 7.60. The Kier molecular flexibility index (Phi) is 5.57. The average molecular weight is 515 g/mol.